The Balaban J connectivity index is 1.79. The van der Waals surface area contributed by atoms with E-state index in [1.54, 1.807) is 29.2 Å². The molecule has 6 heteroatoms. The van der Waals surface area contributed by atoms with Crippen molar-refractivity contribution in [2.45, 2.75) is 12.8 Å². The third-order valence-electron chi connectivity index (χ3n) is 3.93. The van der Waals surface area contributed by atoms with Gasteiger partial charge in [-0.05, 0) is 18.9 Å². The molecule has 1 aliphatic heterocycles. The SMILES string of the molecule is Cn1ccnc1C(=O)[C@H]1CCCN(c2ccncc2F)C1. The predicted octanol–water partition coefficient (Wildman–Crippen LogP) is 2.05. The molecular formula is C15H17FN4O. The van der Waals surface area contributed by atoms with Crippen molar-refractivity contribution in [1.82, 2.24) is 14.5 Å². The number of aryl methyl sites for hydroxylation is 1. The predicted molar refractivity (Wildman–Crippen MR) is 76.7 cm³/mol. The van der Waals surface area contributed by atoms with Gasteiger partial charge in [0.2, 0.25) is 5.78 Å². The summed E-state index contributed by atoms with van der Waals surface area (Å²) in [5.74, 6) is 0.00807. The van der Waals surface area contributed by atoms with Crippen LogP contribution in [0.3, 0.4) is 0 Å². The second-order valence-electron chi connectivity index (χ2n) is 5.34. The Kier molecular flexibility index (Phi) is 3.68. The number of piperidine rings is 1. The molecular weight excluding hydrogens is 271 g/mol. The van der Waals surface area contributed by atoms with E-state index in [0.717, 1.165) is 19.4 Å². The molecule has 0 saturated carbocycles. The highest BCUT2D eigenvalue weighted by molar-refractivity contribution is 5.95. The molecule has 110 valence electrons. The lowest BCUT2D eigenvalue weighted by atomic mass is 9.93. The molecule has 3 rings (SSSR count). The van der Waals surface area contributed by atoms with Crippen LogP contribution in [-0.2, 0) is 7.05 Å². The van der Waals surface area contributed by atoms with Gasteiger partial charge in [0.25, 0.3) is 0 Å². The Bertz CT molecular complexity index is 655. The highest BCUT2D eigenvalue weighted by Gasteiger charge is 2.29. The van der Waals surface area contributed by atoms with Gasteiger partial charge in [-0.15, -0.1) is 0 Å². The maximum atomic E-state index is 13.8. The van der Waals surface area contributed by atoms with Crippen LogP contribution in [0.5, 0.6) is 0 Å². The topological polar surface area (TPSA) is 51.0 Å². The van der Waals surface area contributed by atoms with Gasteiger partial charge in [-0.1, -0.05) is 0 Å². The Labute approximate surface area is 122 Å². The summed E-state index contributed by atoms with van der Waals surface area (Å²) in [7, 11) is 1.81. The monoisotopic (exact) mass is 288 g/mol. The minimum Gasteiger partial charge on any atom is -0.368 e. The van der Waals surface area contributed by atoms with E-state index in [9.17, 15) is 9.18 Å². The molecule has 1 fully saturated rings. The summed E-state index contributed by atoms with van der Waals surface area (Å²) in [4.78, 5) is 22.3. The largest absolute Gasteiger partial charge is 0.368 e. The second kappa shape index (κ2) is 5.63. The molecule has 1 saturated heterocycles. The van der Waals surface area contributed by atoms with Crippen LogP contribution in [0.1, 0.15) is 23.5 Å². The lowest BCUT2D eigenvalue weighted by Crippen LogP contribution is -2.39. The summed E-state index contributed by atoms with van der Waals surface area (Å²) in [6, 6.07) is 1.66. The Morgan fingerprint density at radius 1 is 1.43 bits per heavy atom. The van der Waals surface area contributed by atoms with E-state index in [2.05, 4.69) is 9.97 Å². The molecule has 0 N–H and O–H groups in total. The fourth-order valence-electron chi connectivity index (χ4n) is 2.82. The number of imidazole rings is 1. The molecule has 0 unspecified atom stereocenters. The van der Waals surface area contributed by atoms with Crippen molar-refractivity contribution in [2.24, 2.45) is 13.0 Å². The molecule has 0 bridgehead atoms. The van der Waals surface area contributed by atoms with E-state index in [1.165, 1.54) is 6.20 Å². The number of nitrogens with zero attached hydrogens (tertiary/aromatic N) is 4. The first-order chi connectivity index (χ1) is 10.2. The van der Waals surface area contributed by atoms with Gasteiger partial charge < -0.3 is 9.47 Å². The highest BCUT2D eigenvalue weighted by Crippen LogP contribution is 2.26. The van der Waals surface area contributed by atoms with Crippen molar-refractivity contribution in [3.05, 3.63) is 42.5 Å². The fraction of sp³-hybridized carbons (Fsp3) is 0.400. The number of carbonyl (C=O) groups is 1. The van der Waals surface area contributed by atoms with Gasteiger partial charge in [0.05, 0.1) is 11.9 Å². The minimum absolute atomic E-state index is 0.0293. The van der Waals surface area contributed by atoms with E-state index in [4.69, 9.17) is 0 Å². The van der Waals surface area contributed by atoms with Crippen LogP contribution >= 0.6 is 0 Å². The first-order valence-electron chi connectivity index (χ1n) is 7.03. The summed E-state index contributed by atoms with van der Waals surface area (Å²) in [6.45, 7) is 1.28. The number of hydrogen-bond donors (Lipinski definition) is 0. The van der Waals surface area contributed by atoms with Crippen LogP contribution in [0.4, 0.5) is 10.1 Å². The first-order valence-corrected chi connectivity index (χ1v) is 7.03. The number of pyridine rings is 1. The lowest BCUT2D eigenvalue weighted by Gasteiger charge is -2.33. The van der Waals surface area contributed by atoms with Gasteiger partial charge in [0.1, 0.15) is 0 Å². The van der Waals surface area contributed by atoms with E-state index in [0.29, 0.717) is 18.1 Å². The van der Waals surface area contributed by atoms with Crippen molar-refractivity contribution < 1.29 is 9.18 Å². The van der Waals surface area contributed by atoms with Crippen LogP contribution < -0.4 is 4.90 Å². The number of anilines is 1. The van der Waals surface area contributed by atoms with E-state index >= 15 is 0 Å². The molecule has 0 amide bonds. The van der Waals surface area contributed by atoms with Crippen molar-refractivity contribution >= 4 is 11.5 Å². The second-order valence-corrected chi connectivity index (χ2v) is 5.34. The number of Topliss-reactive ketones (excluding diaryl/α,β-unsaturated/α-hetero) is 1. The van der Waals surface area contributed by atoms with Crippen molar-refractivity contribution in [3.8, 4) is 0 Å². The maximum Gasteiger partial charge on any atom is 0.203 e. The van der Waals surface area contributed by atoms with Gasteiger partial charge in [0.15, 0.2) is 11.6 Å². The third-order valence-corrected chi connectivity index (χ3v) is 3.93. The van der Waals surface area contributed by atoms with Crippen LogP contribution in [0.2, 0.25) is 0 Å². The van der Waals surface area contributed by atoms with Gasteiger partial charge in [-0.2, -0.15) is 0 Å². The van der Waals surface area contributed by atoms with Crippen LogP contribution in [0, 0.1) is 11.7 Å². The zero-order chi connectivity index (χ0) is 14.8. The number of halogens is 1. The van der Waals surface area contributed by atoms with Gasteiger partial charge in [-0.25, -0.2) is 9.37 Å². The van der Waals surface area contributed by atoms with Gasteiger partial charge in [-0.3, -0.25) is 9.78 Å². The molecule has 5 nitrogen and oxygen atoms in total. The Morgan fingerprint density at radius 3 is 3.00 bits per heavy atom. The number of hydrogen-bond acceptors (Lipinski definition) is 4. The molecule has 0 aliphatic carbocycles. The lowest BCUT2D eigenvalue weighted by molar-refractivity contribution is 0.0893. The van der Waals surface area contributed by atoms with Gasteiger partial charge >= 0.3 is 0 Å². The minimum atomic E-state index is -0.345. The van der Waals surface area contributed by atoms with Gasteiger partial charge in [0, 0.05) is 44.6 Å². The van der Waals surface area contributed by atoms with Crippen molar-refractivity contribution in [2.75, 3.05) is 18.0 Å². The van der Waals surface area contributed by atoms with E-state index in [-0.39, 0.29) is 17.5 Å². The van der Waals surface area contributed by atoms with E-state index < -0.39 is 0 Å². The van der Waals surface area contributed by atoms with Crippen LogP contribution in [-0.4, -0.2) is 33.4 Å². The smallest absolute Gasteiger partial charge is 0.203 e. The summed E-state index contributed by atoms with van der Waals surface area (Å²) < 4.78 is 15.6. The molecule has 1 atom stereocenters. The fourth-order valence-corrected chi connectivity index (χ4v) is 2.82. The average Bonchev–Trinajstić information content (AvgIpc) is 2.93. The quantitative estimate of drug-likeness (QED) is 0.811. The van der Waals surface area contributed by atoms with E-state index in [1.807, 2.05) is 11.9 Å². The molecule has 3 heterocycles. The average molecular weight is 288 g/mol. The summed E-state index contributed by atoms with van der Waals surface area (Å²) in [5.41, 5.74) is 0.516. The van der Waals surface area contributed by atoms with Crippen LogP contribution in [0.15, 0.2) is 30.9 Å². The maximum absolute atomic E-state index is 13.8. The third kappa shape index (κ3) is 2.66. The number of carbonyl (C=O) groups excluding carboxylic acids is 1. The van der Waals surface area contributed by atoms with Crippen molar-refractivity contribution in [1.29, 1.82) is 0 Å². The number of rotatable bonds is 3. The highest BCUT2D eigenvalue weighted by atomic mass is 19.1. The molecule has 2 aromatic rings. The summed E-state index contributed by atoms with van der Waals surface area (Å²) >= 11 is 0. The zero-order valence-electron chi connectivity index (χ0n) is 11.9. The normalized spacial score (nSPS) is 18.8. The summed E-state index contributed by atoms with van der Waals surface area (Å²) in [5, 5.41) is 0. The molecule has 1 aliphatic rings. The number of ketones is 1. The Morgan fingerprint density at radius 2 is 2.29 bits per heavy atom. The number of aromatic nitrogens is 3. The molecule has 2 aromatic heterocycles. The van der Waals surface area contributed by atoms with Crippen LogP contribution in [0.25, 0.3) is 0 Å². The molecule has 21 heavy (non-hydrogen) atoms. The molecule has 0 spiro atoms. The standard InChI is InChI=1S/C15H17FN4O/c1-19-8-6-18-15(19)14(21)11-3-2-7-20(10-11)13-4-5-17-9-12(13)16/h4-6,8-9,11H,2-3,7,10H2,1H3/t11-/m0/s1. The Hall–Kier alpha value is -2.24. The molecule has 0 aromatic carbocycles. The summed E-state index contributed by atoms with van der Waals surface area (Å²) in [6.07, 6.45) is 7.84. The van der Waals surface area contributed by atoms with Crippen molar-refractivity contribution in [3.63, 3.8) is 0 Å². The first kappa shape index (κ1) is 13.7. The zero-order valence-corrected chi connectivity index (χ0v) is 11.9. The molecule has 0 radical (unpaired) electrons.